The summed E-state index contributed by atoms with van der Waals surface area (Å²) in [5, 5.41) is 5.78. The van der Waals surface area contributed by atoms with E-state index in [0.29, 0.717) is 35.1 Å². The lowest BCUT2D eigenvalue weighted by Crippen LogP contribution is -2.47. The number of aromatic amines is 1. The topological polar surface area (TPSA) is 86.9 Å². The molecule has 1 aliphatic rings. The van der Waals surface area contributed by atoms with Crippen LogP contribution in [-0.4, -0.2) is 40.3 Å². The first-order valence-electron chi connectivity index (χ1n) is 15.4. The number of hydrogen-bond donors (Lipinski definition) is 3. The Hall–Kier alpha value is -4.83. The molecule has 0 spiro atoms. The third-order valence-corrected chi connectivity index (χ3v) is 9.37. The minimum absolute atomic E-state index is 0.293. The Morgan fingerprint density at radius 2 is 1.38 bits per heavy atom. The second-order valence-corrected chi connectivity index (χ2v) is 12.5. The molecule has 0 bridgehead atoms. The van der Waals surface area contributed by atoms with E-state index in [9.17, 15) is 22.8 Å². The monoisotopic (exact) mass is 654 g/mol. The second-order valence-electron chi connectivity index (χ2n) is 11.4. The van der Waals surface area contributed by atoms with E-state index in [2.05, 4.69) is 20.6 Å². The van der Waals surface area contributed by atoms with Gasteiger partial charge in [-0.05, 0) is 46.7 Å². The van der Waals surface area contributed by atoms with E-state index in [-0.39, 0.29) is 5.91 Å². The molecule has 240 valence electrons. The molecule has 6 rings (SSSR count). The highest BCUT2D eigenvalue weighted by Crippen LogP contribution is 2.51. The van der Waals surface area contributed by atoms with Crippen molar-refractivity contribution in [3.05, 3.63) is 126 Å². The highest BCUT2D eigenvalue weighted by Gasteiger charge is 2.49. The molecule has 0 saturated carbocycles. The fourth-order valence-corrected chi connectivity index (χ4v) is 7.12. The number of halogens is 3. The summed E-state index contributed by atoms with van der Waals surface area (Å²) in [7, 11) is 0. The maximum atomic E-state index is 13.6. The van der Waals surface area contributed by atoms with Crippen LogP contribution in [0.15, 0.2) is 114 Å². The van der Waals surface area contributed by atoms with E-state index < -0.39 is 24.0 Å². The van der Waals surface area contributed by atoms with Crippen molar-refractivity contribution in [2.75, 3.05) is 17.6 Å². The number of rotatable bonds is 12. The number of benzene rings is 4. The zero-order valence-corrected chi connectivity index (χ0v) is 26.3. The lowest BCUT2D eigenvalue weighted by molar-refractivity contribution is -0.141. The average molecular weight is 655 g/mol. The summed E-state index contributed by atoms with van der Waals surface area (Å²) in [5.74, 6) is -0.209. The van der Waals surface area contributed by atoms with E-state index in [0.717, 1.165) is 46.2 Å². The fourth-order valence-electron chi connectivity index (χ4n) is 6.26. The fraction of sp³-hybridized carbons (Fsp3) is 0.216. The molecule has 6 nitrogen and oxygen atoms in total. The molecule has 0 saturated heterocycles. The predicted molar refractivity (Wildman–Crippen MR) is 179 cm³/mol. The molecular formula is C37H33F3N4O2S. The summed E-state index contributed by atoms with van der Waals surface area (Å²) in [4.78, 5) is 34.1. The lowest BCUT2D eigenvalue weighted by Gasteiger charge is -2.31. The van der Waals surface area contributed by atoms with Crippen molar-refractivity contribution in [2.45, 2.75) is 42.4 Å². The van der Waals surface area contributed by atoms with Crippen LogP contribution in [-0.2, 0) is 10.2 Å². The average Bonchev–Trinajstić information content (AvgIpc) is 3.67. The van der Waals surface area contributed by atoms with Crippen LogP contribution in [0.1, 0.15) is 47.3 Å². The Kier molecular flexibility index (Phi) is 9.49. The number of carbonyl (C=O) groups excluding carboxylic acids is 2. The van der Waals surface area contributed by atoms with Crippen LogP contribution < -0.4 is 10.6 Å². The van der Waals surface area contributed by atoms with Gasteiger partial charge in [-0.3, -0.25) is 9.59 Å². The molecule has 0 unspecified atom stereocenters. The summed E-state index contributed by atoms with van der Waals surface area (Å²) >= 11 is 1.49. The van der Waals surface area contributed by atoms with Crippen molar-refractivity contribution in [3.8, 4) is 22.3 Å². The Morgan fingerprint density at radius 1 is 0.766 bits per heavy atom. The van der Waals surface area contributed by atoms with Crippen molar-refractivity contribution in [1.29, 1.82) is 0 Å². The first-order valence-corrected chi connectivity index (χ1v) is 16.4. The molecule has 0 atom stereocenters. The van der Waals surface area contributed by atoms with Crippen LogP contribution in [0.4, 0.5) is 18.9 Å². The summed E-state index contributed by atoms with van der Waals surface area (Å²) in [5.41, 5.74) is 4.99. The van der Waals surface area contributed by atoms with E-state index in [1.54, 1.807) is 0 Å². The van der Waals surface area contributed by atoms with Gasteiger partial charge in [-0.2, -0.15) is 13.2 Å². The number of aromatic nitrogens is 2. The van der Waals surface area contributed by atoms with E-state index in [1.807, 2.05) is 103 Å². The first kappa shape index (κ1) is 32.1. The number of nitrogens with one attached hydrogen (secondary N) is 3. The number of fused-ring (bicyclic) bond motifs is 3. The van der Waals surface area contributed by atoms with Crippen molar-refractivity contribution in [2.24, 2.45) is 0 Å². The Labute approximate surface area is 275 Å². The zero-order chi connectivity index (χ0) is 32.9. The van der Waals surface area contributed by atoms with Crippen molar-refractivity contribution in [1.82, 2.24) is 15.3 Å². The third-order valence-electron chi connectivity index (χ3n) is 8.39. The van der Waals surface area contributed by atoms with Gasteiger partial charge in [0.25, 0.3) is 5.91 Å². The molecule has 2 amide bonds. The number of para-hydroxylation sites is 1. The number of imidazole rings is 1. The summed E-state index contributed by atoms with van der Waals surface area (Å²) < 4.78 is 39.4. The molecule has 0 fully saturated rings. The van der Waals surface area contributed by atoms with Gasteiger partial charge < -0.3 is 15.6 Å². The number of carbonyl (C=O) groups is 2. The van der Waals surface area contributed by atoms with Gasteiger partial charge in [-0.25, -0.2) is 4.98 Å². The van der Waals surface area contributed by atoms with Crippen LogP contribution in [0.5, 0.6) is 0 Å². The van der Waals surface area contributed by atoms with E-state index >= 15 is 0 Å². The molecule has 1 heterocycles. The number of nitrogens with zero attached hydrogens (tertiary/aromatic N) is 1. The summed E-state index contributed by atoms with van der Waals surface area (Å²) in [6.07, 6.45) is -0.428. The minimum Gasteiger partial charge on any atom is -0.346 e. The maximum absolute atomic E-state index is 13.6. The smallest absolute Gasteiger partial charge is 0.346 e. The largest absolute Gasteiger partial charge is 0.405 e. The van der Waals surface area contributed by atoms with Crippen LogP contribution in [0, 0.1) is 0 Å². The lowest BCUT2D eigenvalue weighted by atomic mass is 9.73. The molecule has 1 aliphatic carbocycles. The Morgan fingerprint density at radius 3 is 2.06 bits per heavy atom. The number of alkyl halides is 3. The number of thioether (sulfide) groups is 1. The van der Waals surface area contributed by atoms with E-state index in [4.69, 9.17) is 0 Å². The van der Waals surface area contributed by atoms with Crippen molar-refractivity contribution >= 4 is 29.3 Å². The van der Waals surface area contributed by atoms with Gasteiger partial charge in [0.2, 0.25) is 5.91 Å². The molecule has 0 radical (unpaired) electrons. The Balaban J connectivity index is 1.06. The standard InChI is InChI=1S/C37H33F3N4O2S/c38-37(39,40)24-42-34(46)36(29-18-8-5-16-27(29)28-17-6-9-19-30(28)36)21-11-2-12-22-47-35-41-23-32(44-35)33(45)43-31-20-10-7-15-26(31)25-13-3-1-4-14-25/h1,3-10,13-20,23H,2,11-12,21-22,24H2,(H,41,44)(H,42,46)(H,43,45). The van der Waals surface area contributed by atoms with Gasteiger partial charge in [0.15, 0.2) is 5.16 Å². The predicted octanol–water partition coefficient (Wildman–Crippen LogP) is 8.63. The number of anilines is 1. The summed E-state index contributed by atoms with van der Waals surface area (Å²) in [6.45, 7) is -1.38. The normalized spacial score (nSPS) is 13.1. The quantitative estimate of drug-likeness (QED) is 0.0929. The van der Waals surface area contributed by atoms with Gasteiger partial charge in [0.1, 0.15) is 17.7 Å². The number of H-pyrrole nitrogens is 1. The minimum atomic E-state index is -4.51. The molecule has 47 heavy (non-hydrogen) atoms. The molecule has 1 aromatic heterocycles. The van der Waals surface area contributed by atoms with Crippen molar-refractivity contribution < 1.29 is 22.8 Å². The van der Waals surface area contributed by atoms with Gasteiger partial charge in [-0.15, -0.1) is 0 Å². The maximum Gasteiger partial charge on any atom is 0.405 e. The highest BCUT2D eigenvalue weighted by molar-refractivity contribution is 7.99. The van der Waals surface area contributed by atoms with Crippen LogP contribution in [0.25, 0.3) is 22.3 Å². The first-order chi connectivity index (χ1) is 22.8. The third kappa shape index (κ3) is 6.97. The number of amides is 2. The van der Waals surface area contributed by atoms with Gasteiger partial charge in [-0.1, -0.05) is 122 Å². The second kappa shape index (κ2) is 13.9. The highest BCUT2D eigenvalue weighted by atomic mass is 32.2. The molecule has 0 aliphatic heterocycles. The number of hydrogen-bond acceptors (Lipinski definition) is 4. The Bertz CT molecular complexity index is 1830. The van der Waals surface area contributed by atoms with Crippen LogP contribution in [0.2, 0.25) is 0 Å². The van der Waals surface area contributed by atoms with Crippen LogP contribution >= 0.6 is 11.8 Å². The molecule has 5 aromatic rings. The van der Waals surface area contributed by atoms with E-state index in [1.165, 1.54) is 18.0 Å². The molecular weight excluding hydrogens is 621 g/mol. The molecule has 4 aromatic carbocycles. The van der Waals surface area contributed by atoms with Gasteiger partial charge in [0.05, 0.1) is 6.20 Å². The van der Waals surface area contributed by atoms with Crippen molar-refractivity contribution in [3.63, 3.8) is 0 Å². The molecule has 3 N–H and O–H groups in total. The van der Waals surface area contributed by atoms with Gasteiger partial charge >= 0.3 is 6.18 Å². The van der Waals surface area contributed by atoms with Crippen LogP contribution in [0.3, 0.4) is 0 Å². The number of unbranched alkanes of at least 4 members (excludes halogenated alkanes) is 2. The SMILES string of the molecule is O=C(Nc1ccccc1-c1ccccc1)c1cnc(SCCCCCC2(C(=O)NCC(F)(F)F)c3ccccc3-c3ccccc32)[nH]1. The molecule has 10 heteroatoms. The van der Waals surface area contributed by atoms with Gasteiger partial charge in [0, 0.05) is 17.0 Å². The summed E-state index contributed by atoms with van der Waals surface area (Å²) in [6, 6.07) is 32.4. The zero-order valence-electron chi connectivity index (χ0n) is 25.4.